The Kier molecular flexibility index (Phi) is 4.72. The van der Waals surface area contributed by atoms with Crippen molar-refractivity contribution in [3.63, 3.8) is 0 Å². The number of nitrogens with one attached hydrogen (secondary N) is 1. The molecule has 1 saturated carbocycles. The lowest BCUT2D eigenvalue weighted by Gasteiger charge is -2.18. The first-order valence-electron chi connectivity index (χ1n) is 8.08. The van der Waals surface area contributed by atoms with E-state index in [-0.39, 0.29) is 5.91 Å². The van der Waals surface area contributed by atoms with Gasteiger partial charge in [0, 0.05) is 36.4 Å². The molecule has 1 unspecified atom stereocenters. The summed E-state index contributed by atoms with van der Waals surface area (Å²) in [5.74, 6) is 1.25. The lowest BCUT2D eigenvalue weighted by Crippen LogP contribution is -2.30. The molecular weight excluding hydrogens is 296 g/mol. The third-order valence-corrected chi connectivity index (χ3v) is 4.87. The Bertz CT molecular complexity index is 563. The van der Waals surface area contributed by atoms with E-state index >= 15 is 0 Å². The summed E-state index contributed by atoms with van der Waals surface area (Å²) in [6.07, 6.45) is 5.39. The molecule has 1 saturated heterocycles. The van der Waals surface area contributed by atoms with Gasteiger partial charge in [-0.25, -0.2) is 0 Å². The SMILES string of the molecule is C/C(=C\C(=O)NCC1CCN(c2ccc(Cl)cc2)C1)C1CC1. The van der Waals surface area contributed by atoms with Crippen molar-refractivity contribution < 1.29 is 4.79 Å². The first-order chi connectivity index (χ1) is 10.6. The van der Waals surface area contributed by atoms with E-state index in [4.69, 9.17) is 11.6 Å². The molecule has 3 nitrogen and oxygen atoms in total. The largest absolute Gasteiger partial charge is 0.371 e. The van der Waals surface area contributed by atoms with Crippen LogP contribution in [0.15, 0.2) is 35.9 Å². The average molecular weight is 319 g/mol. The van der Waals surface area contributed by atoms with Gasteiger partial charge in [0.05, 0.1) is 0 Å². The Morgan fingerprint density at radius 1 is 1.32 bits per heavy atom. The molecule has 0 spiro atoms. The number of carbonyl (C=O) groups excluding carboxylic acids is 1. The number of nitrogens with zero attached hydrogens (tertiary/aromatic N) is 1. The van der Waals surface area contributed by atoms with Gasteiger partial charge < -0.3 is 10.2 Å². The molecule has 2 aliphatic rings. The molecule has 1 aromatic rings. The lowest BCUT2D eigenvalue weighted by atomic mass is 10.1. The maximum atomic E-state index is 11.9. The zero-order chi connectivity index (χ0) is 15.5. The van der Waals surface area contributed by atoms with Crippen LogP contribution in [-0.4, -0.2) is 25.5 Å². The van der Waals surface area contributed by atoms with Crippen LogP contribution in [0.4, 0.5) is 5.69 Å². The van der Waals surface area contributed by atoms with Crippen molar-refractivity contribution in [2.45, 2.75) is 26.2 Å². The van der Waals surface area contributed by atoms with E-state index in [1.165, 1.54) is 24.1 Å². The number of benzene rings is 1. The summed E-state index contributed by atoms with van der Waals surface area (Å²) in [5, 5.41) is 3.82. The summed E-state index contributed by atoms with van der Waals surface area (Å²) in [7, 11) is 0. The first-order valence-corrected chi connectivity index (χ1v) is 8.46. The number of hydrogen-bond donors (Lipinski definition) is 1. The monoisotopic (exact) mass is 318 g/mol. The van der Waals surface area contributed by atoms with Gasteiger partial charge in [-0.15, -0.1) is 0 Å². The molecule has 1 atom stereocenters. The molecule has 0 aromatic heterocycles. The topological polar surface area (TPSA) is 32.3 Å². The summed E-state index contributed by atoms with van der Waals surface area (Å²) in [6, 6.07) is 7.98. The molecule has 1 N–H and O–H groups in total. The van der Waals surface area contributed by atoms with Crippen molar-refractivity contribution in [3.05, 3.63) is 40.9 Å². The predicted octanol–water partition coefficient (Wildman–Crippen LogP) is 3.64. The average Bonchev–Trinajstić information content (AvgIpc) is 3.25. The quantitative estimate of drug-likeness (QED) is 0.841. The summed E-state index contributed by atoms with van der Waals surface area (Å²) in [4.78, 5) is 14.3. The van der Waals surface area contributed by atoms with Crippen LogP contribution in [0.3, 0.4) is 0 Å². The molecular formula is C18H23ClN2O. The second-order valence-corrected chi connectivity index (χ2v) is 6.92. The lowest BCUT2D eigenvalue weighted by molar-refractivity contribution is -0.116. The molecule has 118 valence electrons. The van der Waals surface area contributed by atoms with Crippen LogP contribution < -0.4 is 10.2 Å². The Balaban J connectivity index is 1.45. The second kappa shape index (κ2) is 6.74. The Labute approximate surface area is 137 Å². The summed E-state index contributed by atoms with van der Waals surface area (Å²) < 4.78 is 0. The molecule has 22 heavy (non-hydrogen) atoms. The number of allylic oxidation sites excluding steroid dienone is 1. The standard InChI is InChI=1S/C18H23ClN2O/c1-13(15-2-3-15)10-18(22)20-11-14-8-9-21(12-14)17-6-4-16(19)5-7-17/h4-7,10,14-15H,2-3,8-9,11-12H2,1H3,(H,20,22)/b13-10+. The highest BCUT2D eigenvalue weighted by atomic mass is 35.5. The smallest absolute Gasteiger partial charge is 0.243 e. The van der Waals surface area contributed by atoms with E-state index in [9.17, 15) is 4.79 Å². The van der Waals surface area contributed by atoms with Gasteiger partial charge in [-0.2, -0.15) is 0 Å². The molecule has 2 fully saturated rings. The van der Waals surface area contributed by atoms with Crippen molar-refractivity contribution in [1.29, 1.82) is 0 Å². The fraction of sp³-hybridized carbons (Fsp3) is 0.500. The molecule has 0 radical (unpaired) electrons. The number of anilines is 1. The van der Waals surface area contributed by atoms with Crippen LogP contribution in [-0.2, 0) is 4.79 Å². The third-order valence-electron chi connectivity index (χ3n) is 4.62. The normalized spacial score (nSPS) is 22.0. The van der Waals surface area contributed by atoms with E-state index in [2.05, 4.69) is 29.3 Å². The summed E-state index contributed by atoms with van der Waals surface area (Å²) >= 11 is 5.93. The Hall–Kier alpha value is -1.48. The maximum Gasteiger partial charge on any atom is 0.243 e. The van der Waals surface area contributed by atoms with E-state index in [0.29, 0.717) is 11.8 Å². The van der Waals surface area contributed by atoms with E-state index in [1.54, 1.807) is 6.08 Å². The van der Waals surface area contributed by atoms with Crippen LogP contribution in [0.1, 0.15) is 26.2 Å². The summed E-state index contributed by atoms with van der Waals surface area (Å²) in [5.41, 5.74) is 2.44. The van der Waals surface area contributed by atoms with E-state index in [0.717, 1.165) is 31.1 Å². The van der Waals surface area contributed by atoms with Crippen molar-refractivity contribution in [2.24, 2.45) is 11.8 Å². The molecule has 0 bridgehead atoms. The van der Waals surface area contributed by atoms with Gasteiger partial charge in [-0.3, -0.25) is 4.79 Å². The molecule has 3 rings (SSSR count). The molecule has 1 aliphatic heterocycles. The van der Waals surface area contributed by atoms with Gasteiger partial charge in [0.2, 0.25) is 5.91 Å². The number of halogens is 1. The maximum absolute atomic E-state index is 11.9. The second-order valence-electron chi connectivity index (χ2n) is 6.48. The van der Waals surface area contributed by atoms with Gasteiger partial charge in [-0.05, 0) is 62.3 Å². The minimum atomic E-state index is 0.0642. The van der Waals surface area contributed by atoms with Crippen LogP contribution in [0, 0.1) is 11.8 Å². The number of amides is 1. The Morgan fingerprint density at radius 3 is 2.73 bits per heavy atom. The first kappa shape index (κ1) is 15.4. The molecule has 4 heteroatoms. The van der Waals surface area contributed by atoms with Crippen LogP contribution >= 0.6 is 11.6 Å². The van der Waals surface area contributed by atoms with Gasteiger partial charge >= 0.3 is 0 Å². The molecule has 1 aromatic carbocycles. The van der Waals surface area contributed by atoms with Gasteiger partial charge in [-0.1, -0.05) is 17.2 Å². The molecule has 1 heterocycles. The van der Waals surface area contributed by atoms with Crippen molar-refractivity contribution >= 4 is 23.2 Å². The predicted molar refractivity (Wildman–Crippen MR) is 91.3 cm³/mol. The fourth-order valence-corrected chi connectivity index (χ4v) is 3.17. The Morgan fingerprint density at radius 2 is 2.05 bits per heavy atom. The van der Waals surface area contributed by atoms with Crippen LogP contribution in [0.25, 0.3) is 0 Å². The van der Waals surface area contributed by atoms with Crippen LogP contribution in [0.2, 0.25) is 5.02 Å². The highest BCUT2D eigenvalue weighted by molar-refractivity contribution is 6.30. The van der Waals surface area contributed by atoms with Crippen molar-refractivity contribution in [2.75, 3.05) is 24.5 Å². The zero-order valence-electron chi connectivity index (χ0n) is 13.0. The number of carbonyl (C=O) groups is 1. The fourth-order valence-electron chi connectivity index (χ4n) is 3.04. The molecule has 1 amide bonds. The van der Waals surface area contributed by atoms with E-state index in [1.807, 2.05) is 12.1 Å². The minimum absolute atomic E-state index is 0.0642. The van der Waals surface area contributed by atoms with E-state index < -0.39 is 0 Å². The van der Waals surface area contributed by atoms with Crippen molar-refractivity contribution in [1.82, 2.24) is 5.32 Å². The van der Waals surface area contributed by atoms with Crippen molar-refractivity contribution in [3.8, 4) is 0 Å². The molecule has 1 aliphatic carbocycles. The van der Waals surface area contributed by atoms with Gasteiger partial charge in [0.25, 0.3) is 0 Å². The van der Waals surface area contributed by atoms with Crippen LogP contribution in [0.5, 0.6) is 0 Å². The number of hydrogen-bond acceptors (Lipinski definition) is 2. The third kappa shape index (κ3) is 4.04. The zero-order valence-corrected chi connectivity index (χ0v) is 13.8. The highest BCUT2D eigenvalue weighted by Gasteiger charge is 2.25. The minimum Gasteiger partial charge on any atom is -0.371 e. The number of rotatable bonds is 5. The highest BCUT2D eigenvalue weighted by Crippen LogP contribution is 2.35. The van der Waals surface area contributed by atoms with Gasteiger partial charge in [0.1, 0.15) is 0 Å². The van der Waals surface area contributed by atoms with Gasteiger partial charge in [0.15, 0.2) is 0 Å². The summed E-state index contributed by atoms with van der Waals surface area (Å²) in [6.45, 7) is 4.86.